The summed E-state index contributed by atoms with van der Waals surface area (Å²) >= 11 is 0. The summed E-state index contributed by atoms with van der Waals surface area (Å²) < 4.78 is 2.37. The van der Waals surface area contributed by atoms with E-state index in [0.29, 0.717) is 0 Å². The highest BCUT2D eigenvalue weighted by molar-refractivity contribution is 6.10. The van der Waals surface area contributed by atoms with Crippen molar-refractivity contribution in [1.82, 2.24) is 4.57 Å². The van der Waals surface area contributed by atoms with Gasteiger partial charge < -0.3 is 9.47 Å². The first-order valence-electron chi connectivity index (χ1n) is 25.9. The summed E-state index contributed by atoms with van der Waals surface area (Å²) in [5.41, 5.74) is 23.6. The van der Waals surface area contributed by atoms with Gasteiger partial charge in [0.1, 0.15) is 0 Å². The van der Waals surface area contributed by atoms with Crippen molar-refractivity contribution < 1.29 is 0 Å². The molecule has 1 aliphatic rings. The Hall–Kier alpha value is -9.76. The molecule has 352 valence electrons. The first-order valence-corrected chi connectivity index (χ1v) is 25.9. The third-order valence-electron chi connectivity index (χ3n) is 15.5. The molecule has 2 heteroatoms. The standard InChI is InChI=1S/C73H50N2/c1-4-22-57(23-5-1)73(69-35-15-12-32-65(69)66-33-13-16-36-70(66)73)58-24-18-20-54(48-58)51-38-40-53(41-39-51)63-30-10-11-31-64(63)56-21-19-29-62(49-56)74(59-25-6-2-7-26-59)61-45-42-52(43-46-61)55-44-47-72-68(50-55)67-34-14-17-37-71(67)75(72)60-27-8-3-9-28-60/h1-50H. The third-order valence-corrected chi connectivity index (χ3v) is 15.5. The Labute approximate surface area is 438 Å². The second-order valence-electron chi connectivity index (χ2n) is 19.6. The molecule has 0 fully saturated rings. The average molecular weight is 955 g/mol. The fourth-order valence-corrected chi connectivity index (χ4v) is 12.1. The predicted molar refractivity (Wildman–Crippen MR) is 315 cm³/mol. The predicted octanol–water partition coefficient (Wildman–Crippen LogP) is 19.3. The van der Waals surface area contributed by atoms with E-state index in [4.69, 9.17) is 0 Å². The van der Waals surface area contributed by atoms with Crippen LogP contribution in [-0.4, -0.2) is 4.57 Å². The minimum Gasteiger partial charge on any atom is -0.310 e. The Kier molecular flexibility index (Phi) is 10.8. The quantitative estimate of drug-likeness (QED) is 0.133. The van der Waals surface area contributed by atoms with Crippen molar-refractivity contribution in [2.45, 2.75) is 5.41 Å². The van der Waals surface area contributed by atoms with Gasteiger partial charge in [-0.3, -0.25) is 0 Å². The fourth-order valence-electron chi connectivity index (χ4n) is 12.1. The molecule has 0 amide bonds. The summed E-state index contributed by atoms with van der Waals surface area (Å²) in [6.45, 7) is 0. The van der Waals surface area contributed by atoms with Gasteiger partial charge in [-0.05, 0) is 151 Å². The van der Waals surface area contributed by atoms with Gasteiger partial charge in [0.2, 0.25) is 0 Å². The smallest absolute Gasteiger partial charge is 0.0713 e. The number of para-hydroxylation sites is 3. The molecule has 0 saturated heterocycles. The van der Waals surface area contributed by atoms with E-state index in [1.165, 1.54) is 94.1 Å². The highest BCUT2D eigenvalue weighted by Crippen LogP contribution is 2.56. The number of anilines is 3. The van der Waals surface area contributed by atoms with Gasteiger partial charge in [0.25, 0.3) is 0 Å². The minimum atomic E-state index is -0.444. The molecule has 2 nitrogen and oxygen atoms in total. The molecule has 0 unspecified atom stereocenters. The fraction of sp³-hybridized carbons (Fsp3) is 0.0137. The summed E-state index contributed by atoms with van der Waals surface area (Å²) in [5.74, 6) is 0. The van der Waals surface area contributed by atoms with Crippen molar-refractivity contribution in [2.24, 2.45) is 0 Å². The van der Waals surface area contributed by atoms with E-state index in [9.17, 15) is 0 Å². The molecule has 0 atom stereocenters. The zero-order valence-corrected chi connectivity index (χ0v) is 41.3. The summed E-state index contributed by atoms with van der Waals surface area (Å²) in [6.07, 6.45) is 0. The van der Waals surface area contributed by atoms with Crippen molar-refractivity contribution >= 4 is 38.9 Å². The lowest BCUT2D eigenvalue weighted by Gasteiger charge is -2.34. The van der Waals surface area contributed by atoms with Crippen LogP contribution in [0.1, 0.15) is 22.3 Å². The van der Waals surface area contributed by atoms with Gasteiger partial charge in [0.15, 0.2) is 0 Å². The van der Waals surface area contributed by atoms with E-state index >= 15 is 0 Å². The summed E-state index contributed by atoms with van der Waals surface area (Å²) in [4.78, 5) is 2.36. The minimum absolute atomic E-state index is 0.444. The molecule has 75 heavy (non-hydrogen) atoms. The molecule has 0 N–H and O–H groups in total. The van der Waals surface area contributed by atoms with Crippen LogP contribution in [0.4, 0.5) is 17.1 Å². The summed E-state index contributed by atoms with van der Waals surface area (Å²) in [7, 11) is 0. The molecular formula is C73H50N2. The lowest BCUT2D eigenvalue weighted by atomic mass is 9.67. The molecule has 0 spiro atoms. The van der Waals surface area contributed by atoms with Crippen LogP contribution >= 0.6 is 0 Å². The van der Waals surface area contributed by atoms with Gasteiger partial charge in [-0.25, -0.2) is 0 Å². The van der Waals surface area contributed by atoms with Gasteiger partial charge in [-0.15, -0.1) is 0 Å². The Balaban J connectivity index is 0.791. The van der Waals surface area contributed by atoms with Crippen molar-refractivity contribution in [1.29, 1.82) is 0 Å². The number of hydrogen-bond acceptors (Lipinski definition) is 1. The van der Waals surface area contributed by atoms with Crippen LogP contribution in [0.2, 0.25) is 0 Å². The number of rotatable bonds is 10. The number of aromatic nitrogens is 1. The molecule has 1 aliphatic carbocycles. The summed E-state index contributed by atoms with van der Waals surface area (Å²) in [5, 5.41) is 2.50. The van der Waals surface area contributed by atoms with Crippen LogP contribution in [-0.2, 0) is 5.41 Å². The van der Waals surface area contributed by atoms with Crippen LogP contribution < -0.4 is 4.90 Å². The molecule has 13 aromatic rings. The molecule has 0 aliphatic heterocycles. The lowest BCUT2D eigenvalue weighted by Crippen LogP contribution is -2.28. The second kappa shape index (κ2) is 18.4. The maximum absolute atomic E-state index is 2.41. The third kappa shape index (κ3) is 7.41. The topological polar surface area (TPSA) is 8.17 Å². The van der Waals surface area contributed by atoms with E-state index in [1.54, 1.807) is 0 Å². The van der Waals surface area contributed by atoms with Crippen LogP contribution in [0.15, 0.2) is 303 Å². The van der Waals surface area contributed by atoms with E-state index in [2.05, 4.69) is 313 Å². The first kappa shape index (κ1) is 44.0. The maximum atomic E-state index is 2.41. The highest BCUT2D eigenvalue weighted by Gasteiger charge is 2.45. The first-order chi connectivity index (χ1) is 37.2. The van der Waals surface area contributed by atoms with E-state index in [0.717, 1.165) is 28.3 Å². The van der Waals surface area contributed by atoms with E-state index in [-0.39, 0.29) is 0 Å². The Morgan fingerprint density at radius 3 is 1.43 bits per heavy atom. The SMILES string of the molecule is c1ccc(N(c2ccc(-c3ccc4c(c3)c3ccccc3n4-c3ccccc3)cc2)c2cccc(-c3ccccc3-c3ccc(-c4cccc(C5(c6ccccc6)c6ccccc6-c6ccccc65)c4)cc3)c2)cc1. The molecule has 1 aromatic heterocycles. The zero-order chi connectivity index (χ0) is 49.7. The Bertz CT molecular complexity index is 4160. The molecule has 1 heterocycles. The van der Waals surface area contributed by atoms with E-state index < -0.39 is 5.41 Å². The number of benzene rings is 12. The molecular weight excluding hydrogens is 905 g/mol. The van der Waals surface area contributed by atoms with Gasteiger partial charge in [-0.2, -0.15) is 0 Å². The second-order valence-corrected chi connectivity index (χ2v) is 19.6. The van der Waals surface area contributed by atoms with Crippen molar-refractivity contribution in [3.8, 4) is 61.3 Å². The van der Waals surface area contributed by atoms with E-state index in [1.807, 2.05) is 0 Å². The van der Waals surface area contributed by atoms with Crippen LogP contribution in [0.3, 0.4) is 0 Å². The molecule has 0 radical (unpaired) electrons. The normalized spacial score (nSPS) is 12.4. The summed E-state index contributed by atoms with van der Waals surface area (Å²) in [6, 6.07) is 111. The molecule has 12 aromatic carbocycles. The number of nitrogens with zero attached hydrogens (tertiary/aromatic N) is 2. The van der Waals surface area contributed by atoms with Gasteiger partial charge >= 0.3 is 0 Å². The monoisotopic (exact) mass is 954 g/mol. The Morgan fingerprint density at radius 2 is 0.720 bits per heavy atom. The van der Waals surface area contributed by atoms with Gasteiger partial charge in [-0.1, -0.05) is 231 Å². The molecule has 0 bridgehead atoms. The van der Waals surface area contributed by atoms with Gasteiger partial charge in [0, 0.05) is 33.5 Å². The van der Waals surface area contributed by atoms with Crippen LogP contribution in [0.5, 0.6) is 0 Å². The average Bonchev–Trinajstić information content (AvgIpc) is 4.06. The maximum Gasteiger partial charge on any atom is 0.0713 e. The van der Waals surface area contributed by atoms with Crippen LogP contribution in [0, 0.1) is 0 Å². The number of hydrogen-bond donors (Lipinski definition) is 0. The van der Waals surface area contributed by atoms with Crippen molar-refractivity contribution in [3.63, 3.8) is 0 Å². The molecule has 0 saturated carbocycles. The lowest BCUT2D eigenvalue weighted by molar-refractivity contribution is 0.769. The Morgan fingerprint density at radius 1 is 0.253 bits per heavy atom. The van der Waals surface area contributed by atoms with Crippen molar-refractivity contribution in [3.05, 3.63) is 326 Å². The van der Waals surface area contributed by atoms with Crippen LogP contribution in [0.25, 0.3) is 83.1 Å². The van der Waals surface area contributed by atoms with Crippen molar-refractivity contribution in [2.75, 3.05) is 4.90 Å². The zero-order valence-electron chi connectivity index (χ0n) is 41.3. The highest BCUT2D eigenvalue weighted by atomic mass is 15.1. The van der Waals surface area contributed by atoms with Gasteiger partial charge in [0.05, 0.1) is 16.4 Å². The molecule has 14 rings (SSSR count). The largest absolute Gasteiger partial charge is 0.310 e. The number of fused-ring (bicyclic) bond motifs is 6.